The molecule has 0 amide bonds. The van der Waals surface area contributed by atoms with Crippen molar-refractivity contribution in [2.24, 2.45) is 0 Å². The Kier molecular flexibility index (Phi) is 2.27. The van der Waals surface area contributed by atoms with Gasteiger partial charge >= 0.3 is 5.97 Å². The van der Waals surface area contributed by atoms with E-state index in [1.54, 1.807) is 0 Å². The standard InChI is InChI=1S/C10H16O4/c1-13-8(11)10(12)4-2-9(3-5-10)6-7-14-9/h12H,2-7H2,1H3. The second-order valence-electron chi connectivity index (χ2n) is 4.30. The Balaban J connectivity index is 1.97. The first kappa shape index (κ1) is 9.93. The fourth-order valence-corrected chi connectivity index (χ4v) is 2.30. The van der Waals surface area contributed by atoms with E-state index in [4.69, 9.17) is 4.74 Å². The van der Waals surface area contributed by atoms with Crippen molar-refractivity contribution in [3.8, 4) is 0 Å². The number of hydrogen-bond acceptors (Lipinski definition) is 4. The van der Waals surface area contributed by atoms with Crippen molar-refractivity contribution >= 4 is 5.97 Å². The Labute approximate surface area is 83.2 Å². The van der Waals surface area contributed by atoms with Crippen molar-refractivity contribution in [1.82, 2.24) is 0 Å². The molecule has 4 heteroatoms. The normalized spacial score (nSPS) is 41.9. The van der Waals surface area contributed by atoms with Gasteiger partial charge < -0.3 is 14.6 Å². The largest absolute Gasteiger partial charge is 0.467 e. The van der Waals surface area contributed by atoms with Gasteiger partial charge in [0.1, 0.15) is 0 Å². The number of rotatable bonds is 1. The molecule has 2 aliphatic rings. The zero-order chi connectivity index (χ0) is 10.2. The van der Waals surface area contributed by atoms with Crippen LogP contribution in [0, 0.1) is 0 Å². The second kappa shape index (κ2) is 3.21. The first-order chi connectivity index (χ1) is 6.60. The smallest absolute Gasteiger partial charge is 0.337 e. The van der Waals surface area contributed by atoms with Crippen molar-refractivity contribution < 1.29 is 19.4 Å². The molecule has 0 radical (unpaired) electrons. The first-order valence-electron chi connectivity index (χ1n) is 5.05. The summed E-state index contributed by atoms with van der Waals surface area (Å²) in [4.78, 5) is 11.3. The van der Waals surface area contributed by atoms with Crippen LogP contribution < -0.4 is 0 Å². The number of carbonyl (C=O) groups excluding carboxylic acids is 1. The minimum atomic E-state index is -1.26. The highest BCUT2D eigenvalue weighted by Gasteiger charge is 2.49. The molecule has 14 heavy (non-hydrogen) atoms. The molecule has 2 fully saturated rings. The summed E-state index contributed by atoms with van der Waals surface area (Å²) in [5.41, 5.74) is -1.29. The lowest BCUT2D eigenvalue weighted by Crippen LogP contribution is -2.53. The van der Waals surface area contributed by atoms with Gasteiger partial charge in [0, 0.05) is 0 Å². The molecule has 4 nitrogen and oxygen atoms in total. The van der Waals surface area contributed by atoms with Gasteiger partial charge in [-0.05, 0) is 32.1 Å². The van der Waals surface area contributed by atoms with Crippen LogP contribution in [0.2, 0.25) is 0 Å². The van der Waals surface area contributed by atoms with E-state index in [1.165, 1.54) is 7.11 Å². The van der Waals surface area contributed by atoms with Gasteiger partial charge in [-0.15, -0.1) is 0 Å². The van der Waals surface area contributed by atoms with Gasteiger partial charge in [-0.25, -0.2) is 4.79 Å². The van der Waals surface area contributed by atoms with Crippen LogP contribution in [-0.2, 0) is 14.3 Å². The zero-order valence-electron chi connectivity index (χ0n) is 8.41. The third-order valence-electron chi connectivity index (χ3n) is 3.52. The third-order valence-corrected chi connectivity index (χ3v) is 3.52. The maximum absolute atomic E-state index is 11.3. The molecule has 0 atom stereocenters. The van der Waals surface area contributed by atoms with E-state index in [9.17, 15) is 9.90 Å². The number of methoxy groups -OCH3 is 1. The van der Waals surface area contributed by atoms with Crippen LogP contribution in [0.3, 0.4) is 0 Å². The predicted octanol–water partition coefficient (Wildman–Crippen LogP) is 0.624. The maximum atomic E-state index is 11.3. The number of aliphatic hydroxyl groups is 1. The summed E-state index contributed by atoms with van der Waals surface area (Å²) in [6.45, 7) is 0.816. The van der Waals surface area contributed by atoms with E-state index in [1.807, 2.05) is 0 Å². The monoisotopic (exact) mass is 200 g/mol. The molecule has 0 aromatic heterocycles. The molecular weight excluding hydrogens is 184 g/mol. The van der Waals surface area contributed by atoms with Crippen LogP contribution in [0.25, 0.3) is 0 Å². The second-order valence-corrected chi connectivity index (χ2v) is 4.30. The molecule has 2 rings (SSSR count). The van der Waals surface area contributed by atoms with Gasteiger partial charge in [-0.3, -0.25) is 0 Å². The number of carbonyl (C=O) groups is 1. The Morgan fingerprint density at radius 2 is 1.86 bits per heavy atom. The lowest BCUT2D eigenvalue weighted by atomic mass is 9.72. The highest BCUT2D eigenvalue weighted by Crippen LogP contribution is 2.44. The number of esters is 1. The topological polar surface area (TPSA) is 55.8 Å². The van der Waals surface area contributed by atoms with Gasteiger partial charge in [0.25, 0.3) is 0 Å². The summed E-state index contributed by atoms with van der Waals surface area (Å²) < 4.78 is 10.1. The molecule has 1 aliphatic heterocycles. The number of ether oxygens (including phenoxy) is 2. The molecule has 0 bridgehead atoms. The molecule has 1 saturated heterocycles. The van der Waals surface area contributed by atoms with E-state index in [-0.39, 0.29) is 5.60 Å². The minimum absolute atomic E-state index is 0.0275. The Bertz CT molecular complexity index is 235. The van der Waals surface area contributed by atoms with Crippen LogP contribution in [0.5, 0.6) is 0 Å². The molecule has 80 valence electrons. The molecule has 1 N–H and O–H groups in total. The van der Waals surface area contributed by atoms with E-state index < -0.39 is 11.6 Å². The zero-order valence-corrected chi connectivity index (χ0v) is 8.41. The highest BCUT2D eigenvalue weighted by molar-refractivity contribution is 5.79. The van der Waals surface area contributed by atoms with Gasteiger partial charge in [-0.2, -0.15) is 0 Å². The Morgan fingerprint density at radius 3 is 2.21 bits per heavy atom. The minimum Gasteiger partial charge on any atom is -0.467 e. The average Bonchev–Trinajstić information content (AvgIpc) is 2.15. The van der Waals surface area contributed by atoms with Crippen molar-refractivity contribution in [1.29, 1.82) is 0 Å². The molecule has 0 unspecified atom stereocenters. The molecule has 0 aromatic carbocycles. The first-order valence-corrected chi connectivity index (χ1v) is 5.05. The van der Waals surface area contributed by atoms with Crippen molar-refractivity contribution in [2.45, 2.75) is 43.3 Å². The summed E-state index contributed by atoms with van der Waals surface area (Å²) in [6, 6.07) is 0. The third kappa shape index (κ3) is 1.42. The van der Waals surface area contributed by atoms with Gasteiger partial charge in [0.2, 0.25) is 0 Å². The van der Waals surface area contributed by atoms with E-state index in [0.29, 0.717) is 12.8 Å². The molecule has 1 saturated carbocycles. The Hall–Kier alpha value is -0.610. The fourth-order valence-electron chi connectivity index (χ4n) is 2.30. The van der Waals surface area contributed by atoms with Crippen LogP contribution in [-0.4, -0.2) is 36.0 Å². The van der Waals surface area contributed by atoms with Crippen molar-refractivity contribution in [3.05, 3.63) is 0 Å². The highest BCUT2D eigenvalue weighted by atomic mass is 16.5. The molecule has 1 aliphatic carbocycles. The van der Waals surface area contributed by atoms with Gasteiger partial charge in [0.05, 0.1) is 19.3 Å². The lowest BCUT2D eigenvalue weighted by Gasteiger charge is -2.48. The van der Waals surface area contributed by atoms with E-state index >= 15 is 0 Å². The molecule has 0 aromatic rings. The van der Waals surface area contributed by atoms with Gasteiger partial charge in [0.15, 0.2) is 5.60 Å². The quantitative estimate of drug-likeness (QED) is 0.630. The van der Waals surface area contributed by atoms with Crippen molar-refractivity contribution in [2.75, 3.05) is 13.7 Å². The average molecular weight is 200 g/mol. The van der Waals surface area contributed by atoms with Crippen LogP contribution in [0.4, 0.5) is 0 Å². The lowest BCUT2D eigenvalue weighted by molar-refractivity contribution is -0.200. The maximum Gasteiger partial charge on any atom is 0.337 e. The summed E-state index contributed by atoms with van der Waals surface area (Å²) in [7, 11) is 1.31. The predicted molar refractivity (Wildman–Crippen MR) is 48.7 cm³/mol. The van der Waals surface area contributed by atoms with Crippen LogP contribution >= 0.6 is 0 Å². The van der Waals surface area contributed by atoms with Crippen LogP contribution in [0.1, 0.15) is 32.1 Å². The summed E-state index contributed by atoms with van der Waals surface area (Å²) in [6.07, 6.45) is 3.50. The number of hydrogen-bond donors (Lipinski definition) is 1. The molecular formula is C10H16O4. The van der Waals surface area contributed by atoms with E-state index in [0.717, 1.165) is 25.9 Å². The molecule has 1 heterocycles. The van der Waals surface area contributed by atoms with E-state index in [2.05, 4.69) is 4.74 Å². The summed E-state index contributed by atoms with van der Waals surface area (Å²) in [5, 5.41) is 9.96. The summed E-state index contributed by atoms with van der Waals surface area (Å²) >= 11 is 0. The SMILES string of the molecule is COC(=O)C1(O)CCC2(CCO2)CC1. The van der Waals surface area contributed by atoms with Gasteiger partial charge in [-0.1, -0.05) is 0 Å². The van der Waals surface area contributed by atoms with Crippen LogP contribution in [0.15, 0.2) is 0 Å². The van der Waals surface area contributed by atoms with Crippen molar-refractivity contribution in [3.63, 3.8) is 0 Å². The summed E-state index contributed by atoms with van der Waals surface area (Å²) in [5.74, 6) is -0.508. The fraction of sp³-hybridized carbons (Fsp3) is 0.900. The Morgan fingerprint density at radius 1 is 1.29 bits per heavy atom. The molecule has 1 spiro atoms.